The molecule has 1 rings (SSSR count). The minimum Gasteiger partial charge on any atom is -0.392 e. The average Bonchev–Trinajstić information content (AvgIpc) is 2.35. The van der Waals surface area contributed by atoms with E-state index < -0.39 is 0 Å². The van der Waals surface area contributed by atoms with Crippen molar-refractivity contribution in [3.05, 3.63) is 0 Å². The molecule has 60 valence electrons. The van der Waals surface area contributed by atoms with Crippen molar-refractivity contribution in [1.29, 1.82) is 0 Å². The van der Waals surface area contributed by atoms with Crippen LogP contribution >= 0.6 is 0 Å². The van der Waals surface area contributed by atoms with E-state index in [4.69, 9.17) is 0 Å². The van der Waals surface area contributed by atoms with E-state index in [0.29, 0.717) is 6.04 Å². The van der Waals surface area contributed by atoms with Crippen molar-refractivity contribution in [3.63, 3.8) is 0 Å². The van der Waals surface area contributed by atoms with Crippen LogP contribution in [-0.2, 0) is 0 Å². The number of hydrogen-bond acceptors (Lipinski definition) is 2. The van der Waals surface area contributed by atoms with E-state index in [1.165, 1.54) is 0 Å². The molecule has 3 atom stereocenters. The molecule has 0 spiro atoms. The average molecular weight is 143 g/mol. The Hall–Kier alpha value is -0.0800. The lowest BCUT2D eigenvalue weighted by molar-refractivity contribution is 0.151. The monoisotopic (exact) mass is 143 g/mol. The highest BCUT2D eigenvalue weighted by Gasteiger charge is 2.44. The molecule has 0 aromatic rings. The highest BCUT2D eigenvalue weighted by molar-refractivity contribution is 4.99. The second-order valence-corrected chi connectivity index (χ2v) is 4.13. The zero-order chi connectivity index (χ0) is 7.94. The summed E-state index contributed by atoms with van der Waals surface area (Å²) in [4.78, 5) is 2.30. The van der Waals surface area contributed by atoms with Crippen LogP contribution < -0.4 is 0 Å². The predicted molar refractivity (Wildman–Crippen MR) is 41.9 cm³/mol. The number of aliphatic hydroxyl groups excluding tert-OH is 1. The van der Waals surface area contributed by atoms with E-state index in [0.717, 1.165) is 6.54 Å². The third kappa shape index (κ3) is 1.50. The van der Waals surface area contributed by atoms with Crippen molar-refractivity contribution < 1.29 is 5.11 Å². The Morgan fingerprint density at radius 1 is 1.50 bits per heavy atom. The fraction of sp³-hybridized carbons (Fsp3) is 1.00. The van der Waals surface area contributed by atoms with Gasteiger partial charge in [-0.1, -0.05) is 0 Å². The first-order chi connectivity index (χ1) is 4.43. The molecule has 1 fully saturated rings. The maximum absolute atomic E-state index is 9.18. The van der Waals surface area contributed by atoms with Gasteiger partial charge in [-0.15, -0.1) is 0 Å². The van der Waals surface area contributed by atoms with Crippen LogP contribution in [0.2, 0.25) is 0 Å². The largest absolute Gasteiger partial charge is 0.392 e. The standard InChI is InChI=1S/C8H17NO/c1-6(10)7-5-9(7)8(2,3)4/h6-7,10H,5H2,1-4H3. The molecule has 0 amide bonds. The summed E-state index contributed by atoms with van der Waals surface area (Å²) in [5.74, 6) is 0. The van der Waals surface area contributed by atoms with Gasteiger partial charge in [0.15, 0.2) is 0 Å². The Morgan fingerprint density at radius 2 is 2.00 bits per heavy atom. The van der Waals surface area contributed by atoms with Crippen LogP contribution in [0.4, 0.5) is 0 Å². The van der Waals surface area contributed by atoms with Gasteiger partial charge in [-0.3, -0.25) is 4.90 Å². The van der Waals surface area contributed by atoms with Crippen LogP contribution in [0, 0.1) is 0 Å². The van der Waals surface area contributed by atoms with Gasteiger partial charge in [0.25, 0.3) is 0 Å². The summed E-state index contributed by atoms with van der Waals surface area (Å²) in [5, 5.41) is 9.18. The van der Waals surface area contributed by atoms with Gasteiger partial charge in [0.2, 0.25) is 0 Å². The van der Waals surface area contributed by atoms with Gasteiger partial charge in [-0.25, -0.2) is 0 Å². The van der Waals surface area contributed by atoms with Crippen molar-refractivity contribution >= 4 is 0 Å². The fourth-order valence-electron chi connectivity index (χ4n) is 1.34. The molecule has 1 saturated heterocycles. The summed E-state index contributed by atoms with van der Waals surface area (Å²) in [6.45, 7) is 9.44. The van der Waals surface area contributed by atoms with E-state index in [9.17, 15) is 5.11 Å². The Morgan fingerprint density at radius 3 is 2.10 bits per heavy atom. The minimum absolute atomic E-state index is 0.167. The highest BCUT2D eigenvalue weighted by atomic mass is 16.3. The second-order valence-electron chi connectivity index (χ2n) is 4.13. The van der Waals surface area contributed by atoms with E-state index in [1.54, 1.807) is 0 Å². The molecule has 0 aliphatic carbocycles. The van der Waals surface area contributed by atoms with Gasteiger partial charge in [-0.05, 0) is 27.7 Å². The van der Waals surface area contributed by atoms with Crippen molar-refractivity contribution in [3.8, 4) is 0 Å². The van der Waals surface area contributed by atoms with Crippen LogP contribution in [0.1, 0.15) is 27.7 Å². The van der Waals surface area contributed by atoms with Gasteiger partial charge in [0.05, 0.1) is 6.10 Å². The third-order valence-electron chi connectivity index (χ3n) is 2.07. The zero-order valence-corrected chi connectivity index (χ0v) is 7.26. The van der Waals surface area contributed by atoms with Crippen LogP contribution in [0.5, 0.6) is 0 Å². The molecular formula is C8H17NO. The summed E-state index contributed by atoms with van der Waals surface area (Å²) >= 11 is 0. The molecular weight excluding hydrogens is 126 g/mol. The maximum Gasteiger partial charge on any atom is 0.0679 e. The summed E-state index contributed by atoms with van der Waals surface area (Å²) in [6.07, 6.45) is -0.167. The zero-order valence-electron chi connectivity index (χ0n) is 7.26. The minimum atomic E-state index is -0.167. The van der Waals surface area contributed by atoms with Crippen LogP contribution in [0.25, 0.3) is 0 Å². The van der Waals surface area contributed by atoms with Gasteiger partial charge < -0.3 is 5.11 Å². The van der Waals surface area contributed by atoms with Crippen LogP contribution in [0.15, 0.2) is 0 Å². The highest BCUT2D eigenvalue weighted by Crippen LogP contribution is 2.30. The number of aliphatic hydroxyl groups is 1. The number of hydrogen-bond donors (Lipinski definition) is 1. The van der Waals surface area contributed by atoms with Crippen LogP contribution in [-0.4, -0.2) is 34.2 Å². The quantitative estimate of drug-likeness (QED) is 0.550. The number of rotatable bonds is 1. The first-order valence-electron chi connectivity index (χ1n) is 3.88. The van der Waals surface area contributed by atoms with Crippen molar-refractivity contribution in [2.75, 3.05) is 6.54 Å². The predicted octanol–water partition coefficient (Wildman–Crippen LogP) is 0.850. The molecule has 0 bridgehead atoms. The normalized spacial score (nSPS) is 35.7. The first-order valence-corrected chi connectivity index (χ1v) is 3.88. The fourth-order valence-corrected chi connectivity index (χ4v) is 1.34. The Labute approximate surface area is 62.8 Å². The molecule has 1 aliphatic rings. The van der Waals surface area contributed by atoms with Crippen molar-refractivity contribution in [1.82, 2.24) is 4.90 Å². The molecule has 1 N–H and O–H groups in total. The molecule has 0 aromatic heterocycles. The summed E-state index contributed by atoms with van der Waals surface area (Å²) in [7, 11) is 0. The Kier molecular flexibility index (Phi) is 1.77. The molecule has 2 nitrogen and oxygen atoms in total. The van der Waals surface area contributed by atoms with E-state index in [1.807, 2.05) is 6.92 Å². The maximum atomic E-state index is 9.18. The summed E-state index contributed by atoms with van der Waals surface area (Å²) < 4.78 is 0. The lowest BCUT2D eigenvalue weighted by atomic mass is 10.1. The Bertz CT molecular complexity index is 126. The summed E-state index contributed by atoms with van der Waals surface area (Å²) in [5.41, 5.74) is 0.238. The molecule has 1 aliphatic heterocycles. The Balaban J connectivity index is 2.39. The topological polar surface area (TPSA) is 23.2 Å². The molecule has 0 aromatic carbocycles. The van der Waals surface area contributed by atoms with E-state index in [2.05, 4.69) is 25.7 Å². The molecule has 0 saturated carbocycles. The number of nitrogens with zero attached hydrogens (tertiary/aromatic N) is 1. The van der Waals surface area contributed by atoms with E-state index in [-0.39, 0.29) is 11.6 Å². The molecule has 0 radical (unpaired) electrons. The van der Waals surface area contributed by atoms with Gasteiger partial charge >= 0.3 is 0 Å². The third-order valence-corrected chi connectivity index (χ3v) is 2.07. The van der Waals surface area contributed by atoms with Crippen LogP contribution in [0.3, 0.4) is 0 Å². The second kappa shape index (κ2) is 2.21. The molecule has 1 heterocycles. The molecule has 10 heavy (non-hydrogen) atoms. The van der Waals surface area contributed by atoms with Gasteiger partial charge in [0.1, 0.15) is 0 Å². The SMILES string of the molecule is CC(O)C1CN1C(C)(C)C. The van der Waals surface area contributed by atoms with Crippen molar-refractivity contribution in [2.45, 2.75) is 45.4 Å². The van der Waals surface area contributed by atoms with Crippen molar-refractivity contribution in [2.24, 2.45) is 0 Å². The molecule has 2 heteroatoms. The summed E-state index contributed by atoms with van der Waals surface area (Å²) in [6, 6.07) is 0.417. The van der Waals surface area contributed by atoms with Gasteiger partial charge in [0, 0.05) is 18.1 Å². The smallest absolute Gasteiger partial charge is 0.0679 e. The van der Waals surface area contributed by atoms with E-state index >= 15 is 0 Å². The molecule has 3 unspecified atom stereocenters. The lowest BCUT2D eigenvalue weighted by Crippen LogP contribution is -2.30. The lowest BCUT2D eigenvalue weighted by Gasteiger charge is -2.21. The van der Waals surface area contributed by atoms with Gasteiger partial charge in [-0.2, -0.15) is 0 Å². The first kappa shape index (κ1) is 8.02.